The zero-order valence-electron chi connectivity index (χ0n) is 16.2. The van der Waals surface area contributed by atoms with Crippen molar-refractivity contribution >= 4 is 11.9 Å². The third-order valence-electron chi connectivity index (χ3n) is 5.01. The van der Waals surface area contributed by atoms with Gasteiger partial charge < -0.3 is 19.3 Å². The molecule has 1 aromatic heterocycles. The fourth-order valence-corrected chi connectivity index (χ4v) is 3.34. The molecule has 2 aromatic rings. The zero-order valence-corrected chi connectivity index (χ0v) is 16.2. The smallest absolute Gasteiger partial charge is 0.311 e. The number of nitrogens with zero attached hydrogens (tertiary/aromatic N) is 3. The van der Waals surface area contributed by atoms with E-state index < -0.39 is 11.4 Å². The minimum Gasteiger partial charge on any atom is -0.494 e. The molecule has 0 bridgehead atoms. The summed E-state index contributed by atoms with van der Waals surface area (Å²) in [6, 6.07) is 7.39. The highest BCUT2D eigenvalue weighted by atomic mass is 16.5. The van der Waals surface area contributed by atoms with Crippen molar-refractivity contribution in [2.45, 2.75) is 39.5 Å². The minimum atomic E-state index is -0.876. The van der Waals surface area contributed by atoms with Crippen LogP contribution in [0.1, 0.15) is 39.0 Å². The maximum absolute atomic E-state index is 12.5. The lowest BCUT2D eigenvalue weighted by atomic mass is 9.82. The van der Waals surface area contributed by atoms with Crippen molar-refractivity contribution in [3.8, 4) is 17.1 Å². The number of piperidine rings is 1. The molecule has 8 heteroatoms. The lowest BCUT2D eigenvalue weighted by molar-refractivity contribution is -0.153. The highest BCUT2D eigenvalue weighted by Crippen LogP contribution is 2.30. The number of carbonyl (C=O) groups is 2. The predicted molar refractivity (Wildman–Crippen MR) is 101 cm³/mol. The van der Waals surface area contributed by atoms with Gasteiger partial charge in [-0.05, 0) is 51.0 Å². The molecule has 1 aromatic carbocycles. The van der Waals surface area contributed by atoms with Crippen LogP contribution in [0.5, 0.6) is 5.75 Å². The lowest BCUT2D eigenvalue weighted by Gasteiger charge is -2.37. The number of aryl methyl sites for hydroxylation is 1. The Kier molecular flexibility index (Phi) is 5.96. The van der Waals surface area contributed by atoms with Gasteiger partial charge in [0.2, 0.25) is 17.6 Å². The van der Waals surface area contributed by atoms with E-state index in [1.165, 1.54) is 0 Å². The number of amides is 1. The fraction of sp³-hybridized carbons (Fsp3) is 0.500. The average molecular weight is 387 g/mol. The quantitative estimate of drug-likeness (QED) is 0.778. The van der Waals surface area contributed by atoms with E-state index in [4.69, 9.17) is 9.26 Å². The van der Waals surface area contributed by atoms with E-state index in [-0.39, 0.29) is 18.9 Å². The molecule has 150 valence electrons. The maximum atomic E-state index is 12.5. The maximum Gasteiger partial charge on any atom is 0.311 e. The van der Waals surface area contributed by atoms with Gasteiger partial charge in [0.05, 0.1) is 12.0 Å². The number of hydrogen-bond acceptors (Lipinski definition) is 6. The summed E-state index contributed by atoms with van der Waals surface area (Å²) in [6.45, 7) is 5.04. The first kappa shape index (κ1) is 19.9. The number of ether oxygens (including phenoxy) is 1. The minimum absolute atomic E-state index is 0.0898. The summed E-state index contributed by atoms with van der Waals surface area (Å²) >= 11 is 0. The summed E-state index contributed by atoms with van der Waals surface area (Å²) in [4.78, 5) is 29.9. The summed E-state index contributed by atoms with van der Waals surface area (Å²) in [5, 5.41) is 13.4. The molecule has 1 amide bonds. The first-order valence-electron chi connectivity index (χ1n) is 9.48. The molecule has 8 nitrogen and oxygen atoms in total. The first-order valence-corrected chi connectivity index (χ1v) is 9.48. The van der Waals surface area contributed by atoms with E-state index in [9.17, 15) is 14.7 Å². The predicted octanol–water partition coefficient (Wildman–Crippen LogP) is 2.78. The van der Waals surface area contributed by atoms with Crippen molar-refractivity contribution in [2.75, 3.05) is 19.7 Å². The second-order valence-corrected chi connectivity index (χ2v) is 7.25. The summed E-state index contributed by atoms with van der Waals surface area (Å²) < 4.78 is 10.7. The lowest BCUT2D eigenvalue weighted by Crippen LogP contribution is -2.48. The number of rotatable bonds is 7. The Morgan fingerprint density at radius 3 is 2.75 bits per heavy atom. The molecule has 0 saturated carbocycles. The van der Waals surface area contributed by atoms with Crippen LogP contribution in [-0.2, 0) is 16.0 Å². The van der Waals surface area contributed by atoms with Crippen LogP contribution in [0.25, 0.3) is 11.4 Å². The van der Waals surface area contributed by atoms with Crippen molar-refractivity contribution in [2.24, 2.45) is 5.41 Å². The van der Waals surface area contributed by atoms with Crippen LogP contribution in [0.3, 0.4) is 0 Å². The Hall–Kier alpha value is -2.90. The Morgan fingerprint density at radius 2 is 2.07 bits per heavy atom. The molecule has 1 aliphatic rings. The van der Waals surface area contributed by atoms with Crippen molar-refractivity contribution < 1.29 is 24.0 Å². The molecule has 1 fully saturated rings. The van der Waals surface area contributed by atoms with Gasteiger partial charge >= 0.3 is 5.97 Å². The molecule has 2 heterocycles. The molecule has 28 heavy (non-hydrogen) atoms. The highest BCUT2D eigenvalue weighted by Gasteiger charge is 2.39. The van der Waals surface area contributed by atoms with Gasteiger partial charge in [-0.15, -0.1) is 0 Å². The number of aliphatic carboxylic acids is 1. The Balaban J connectivity index is 1.56. The van der Waals surface area contributed by atoms with Crippen molar-refractivity contribution in [3.63, 3.8) is 0 Å². The average Bonchev–Trinajstić information content (AvgIpc) is 3.16. The topological polar surface area (TPSA) is 106 Å². The van der Waals surface area contributed by atoms with E-state index in [0.717, 1.165) is 11.3 Å². The summed E-state index contributed by atoms with van der Waals surface area (Å²) in [5.74, 6) is 0.669. The van der Waals surface area contributed by atoms with Gasteiger partial charge in [0.1, 0.15) is 5.75 Å². The van der Waals surface area contributed by atoms with E-state index >= 15 is 0 Å². The van der Waals surface area contributed by atoms with Crippen LogP contribution in [0.4, 0.5) is 0 Å². The number of carbonyl (C=O) groups excluding carboxylic acids is 1. The monoisotopic (exact) mass is 387 g/mol. The largest absolute Gasteiger partial charge is 0.494 e. The van der Waals surface area contributed by atoms with E-state index in [1.54, 1.807) is 11.8 Å². The number of carboxylic acid groups (broad SMARTS) is 1. The number of carboxylic acids is 1. The molecule has 3 rings (SSSR count). The van der Waals surface area contributed by atoms with Crippen LogP contribution in [0.2, 0.25) is 0 Å². The Bertz CT molecular complexity index is 833. The summed E-state index contributed by atoms with van der Waals surface area (Å²) in [7, 11) is 0. The van der Waals surface area contributed by atoms with Gasteiger partial charge in [0, 0.05) is 31.5 Å². The van der Waals surface area contributed by atoms with E-state index in [0.29, 0.717) is 44.1 Å². The number of hydrogen-bond donors (Lipinski definition) is 1. The summed E-state index contributed by atoms with van der Waals surface area (Å²) in [5.41, 5.74) is -0.0720. The Morgan fingerprint density at radius 1 is 1.32 bits per heavy atom. The molecule has 1 N–H and O–H groups in total. The zero-order chi connectivity index (χ0) is 20.1. The molecule has 1 aliphatic heterocycles. The van der Waals surface area contributed by atoms with Gasteiger partial charge in [0.15, 0.2) is 0 Å². The third kappa shape index (κ3) is 4.49. The molecular weight excluding hydrogens is 362 g/mol. The van der Waals surface area contributed by atoms with Gasteiger partial charge in [0.25, 0.3) is 0 Å². The van der Waals surface area contributed by atoms with Gasteiger partial charge in [-0.3, -0.25) is 9.59 Å². The second-order valence-electron chi connectivity index (χ2n) is 7.25. The van der Waals surface area contributed by atoms with E-state index in [2.05, 4.69) is 10.1 Å². The van der Waals surface area contributed by atoms with Crippen LogP contribution in [0.15, 0.2) is 28.8 Å². The molecule has 0 radical (unpaired) electrons. The van der Waals surface area contributed by atoms with Gasteiger partial charge in [-0.1, -0.05) is 5.16 Å². The standard InChI is InChI=1S/C20H25N3O5/c1-3-27-15-7-5-14(6-8-15)18-21-16(28-22-18)9-10-17(24)23-12-4-11-20(2,13-23)19(25)26/h5-8H,3-4,9-13H2,1-2H3,(H,25,26). The van der Waals surface area contributed by atoms with Crippen LogP contribution in [-0.4, -0.2) is 51.7 Å². The molecule has 0 spiro atoms. The van der Waals surface area contributed by atoms with Crippen molar-refractivity contribution in [1.29, 1.82) is 0 Å². The van der Waals surface area contributed by atoms with Crippen molar-refractivity contribution in [3.05, 3.63) is 30.2 Å². The number of aromatic nitrogens is 2. The third-order valence-corrected chi connectivity index (χ3v) is 5.01. The van der Waals surface area contributed by atoms with Crippen LogP contribution in [0, 0.1) is 5.41 Å². The molecule has 1 saturated heterocycles. The Labute approximate surface area is 163 Å². The molecule has 1 unspecified atom stereocenters. The molecule has 1 atom stereocenters. The van der Waals surface area contributed by atoms with Crippen molar-refractivity contribution in [1.82, 2.24) is 15.0 Å². The SMILES string of the molecule is CCOc1ccc(-c2noc(CCC(=O)N3CCCC(C)(C(=O)O)C3)n2)cc1. The van der Waals surface area contributed by atoms with Gasteiger partial charge in [-0.2, -0.15) is 4.98 Å². The summed E-state index contributed by atoms with van der Waals surface area (Å²) in [6.07, 6.45) is 1.81. The van der Waals surface area contributed by atoms with Crippen LogP contribution >= 0.6 is 0 Å². The fourth-order valence-electron chi connectivity index (χ4n) is 3.34. The number of likely N-dealkylation sites (tertiary alicyclic amines) is 1. The second kappa shape index (κ2) is 8.41. The van der Waals surface area contributed by atoms with Crippen LogP contribution < -0.4 is 4.74 Å². The highest BCUT2D eigenvalue weighted by molar-refractivity contribution is 5.79. The van der Waals surface area contributed by atoms with Gasteiger partial charge in [-0.25, -0.2) is 0 Å². The number of benzene rings is 1. The molecule has 0 aliphatic carbocycles. The normalized spacial score (nSPS) is 19.4. The first-order chi connectivity index (χ1) is 13.4. The molecular formula is C20H25N3O5. The van der Waals surface area contributed by atoms with E-state index in [1.807, 2.05) is 31.2 Å².